The molecule has 0 heteroatoms. The van der Waals surface area contributed by atoms with Gasteiger partial charge in [0.15, 0.2) is 0 Å². The molecule has 0 fully saturated rings. The van der Waals surface area contributed by atoms with Gasteiger partial charge in [0.05, 0.1) is 0 Å². The van der Waals surface area contributed by atoms with Gasteiger partial charge in [0.25, 0.3) is 0 Å². The van der Waals surface area contributed by atoms with Crippen molar-refractivity contribution in [3.05, 3.63) is 115 Å². The minimum absolute atomic E-state index is 1.13. The molecule has 0 radical (unpaired) electrons. The van der Waals surface area contributed by atoms with Crippen molar-refractivity contribution in [2.45, 2.75) is 69.2 Å². The van der Waals surface area contributed by atoms with Crippen molar-refractivity contribution in [1.29, 1.82) is 0 Å². The van der Waals surface area contributed by atoms with Crippen LogP contribution in [-0.4, -0.2) is 0 Å². The molecular formula is C32H38. The molecule has 166 valence electrons. The predicted octanol–water partition coefficient (Wildman–Crippen LogP) is 8.89. The monoisotopic (exact) mass is 422 g/mol. The SMILES string of the molecule is C=C(c1c(C)cc(C)cc1C)c1c(C)c(C)c(C(=C)c2c(C)cc(C)cc2C)c(C)c1C. The van der Waals surface area contributed by atoms with E-state index in [1.54, 1.807) is 0 Å². The Bertz CT molecular complexity index is 1100. The lowest BCUT2D eigenvalue weighted by Crippen LogP contribution is -2.08. The Balaban J connectivity index is 2.25. The molecule has 0 spiro atoms. The van der Waals surface area contributed by atoms with Crippen molar-refractivity contribution in [2.75, 3.05) is 0 Å². The zero-order valence-corrected chi connectivity index (χ0v) is 21.7. The van der Waals surface area contributed by atoms with Crippen molar-refractivity contribution >= 4 is 11.1 Å². The molecule has 0 aliphatic carbocycles. The maximum absolute atomic E-state index is 4.60. The Morgan fingerprint density at radius 2 is 0.625 bits per heavy atom. The van der Waals surface area contributed by atoms with E-state index in [-0.39, 0.29) is 0 Å². The number of hydrogen-bond donors (Lipinski definition) is 0. The van der Waals surface area contributed by atoms with Crippen molar-refractivity contribution in [2.24, 2.45) is 0 Å². The third-order valence-corrected chi connectivity index (χ3v) is 7.19. The number of hydrogen-bond acceptors (Lipinski definition) is 0. The highest BCUT2D eigenvalue weighted by Crippen LogP contribution is 2.40. The van der Waals surface area contributed by atoms with Gasteiger partial charge in [-0.25, -0.2) is 0 Å². The topological polar surface area (TPSA) is 0 Å². The first kappa shape index (κ1) is 23.8. The van der Waals surface area contributed by atoms with E-state index < -0.39 is 0 Å². The first-order valence-corrected chi connectivity index (χ1v) is 11.5. The van der Waals surface area contributed by atoms with Crippen LogP contribution < -0.4 is 0 Å². The fourth-order valence-corrected chi connectivity index (χ4v) is 5.78. The molecule has 0 heterocycles. The van der Waals surface area contributed by atoms with Gasteiger partial charge < -0.3 is 0 Å². The lowest BCUT2D eigenvalue weighted by Gasteiger charge is -2.26. The predicted molar refractivity (Wildman–Crippen MR) is 143 cm³/mol. The van der Waals surface area contributed by atoms with Gasteiger partial charge in [-0.2, -0.15) is 0 Å². The Morgan fingerprint density at radius 1 is 0.406 bits per heavy atom. The summed E-state index contributed by atoms with van der Waals surface area (Å²) in [5, 5.41) is 0. The molecule has 3 aromatic carbocycles. The highest BCUT2D eigenvalue weighted by Gasteiger charge is 2.22. The molecule has 0 aliphatic rings. The van der Waals surface area contributed by atoms with E-state index in [1.165, 1.54) is 77.9 Å². The quantitative estimate of drug-likeness (QED) is 0.394. The van der Waals surface area contributed by atoms with Crippen molar-refractivity contribution in [3.8, 4) is 0 Å². The van der Waals surface area contributed by atoms with Crippen LogP contribution in [0.1, 0.15) is 77.9 Å². The summed E-state index contributed by atoms with van der Waals surface area (Å²) in [6, 6.07) is 9.04. The summed E-state index contributed by atoms with van der Waals surface area (Å²) in [5.74, 6) is 0. The average Bonchev–Trinajstić information content (AvgIpc) is 2.65. The molecule has 0 amide bonds. The van der Waals surface area contributed by atoms with E-state index >= 15 is 0 Å². The molecule has 0 aromatic heterocycles. The highest BCUT2D eigenvalue weighted by atomic mass is 14.3. The minimum Gasteiger partial charge on any atom is -0.0905 e. The van der Waals surface area contributed by atoms with Gasteiger partial charge in [0.2, 0.25) is 0 Å². The van der Waals surface area contributed by atoms with Crippen LogP contribution >= 0.6 is 0 Å². The maximum Gasteiger partial charge on any atom is -0.0119 e. The molecule has 3 rings (SSSR count). The van der Waals surface area contributed by atoms with Crippen LogP contribution in [0.4, 0.5) is 0 Å². The summed E-state index contributed by atoms with van der Waals surface area (Å²) in [6.07, 6.45) is 0. The number of aryl methyl sites for hydroxylation is 6. The molecule has 0 atom stereocenters. The fraction of sp³-hybridized carbons (Fsp3) is 0.312. The normalized spacial score (nSPS) is 11.1. The maximum atomic E-state index is 4.60. The van der Waals surface area contributed by atoms with Gasteiger partial charge in [-0.05, 0) is 147 Å². The summed E-state index contributed by atoms with van der Waals surface area (Å²) in [5.41, 5.74) is 20.3. The van der Waals surface area contributed by atoms with Crippen molar-refractivity contribution < 1.29 is 0 Å². The van der Waals surface area contributed by atoms with E-state index in [0.717, 1.165) is 11.1 Å². The first-order valence-electron chi connectivity index (χ1n) is 11.5. The molecule has 0 saturated carbocycles. The van der Waals surface area contributed by atoms with Crippen LogP contribution in [0.2, 0.25) is 0 Å². The average molecular weight is 423 g/mol. The molecule has 3 aromatic rings. The molecule has 32 heavy (non-hydrogen) atoms. The largest absolute Gasteiger partial charge is 0.0905 e. The van der Waals surface area contributed by atoms with E-state index in [9.17, 15) is 0 Å². The second-order valence-corrected chi connectivity index (χ2v) is 9.75. The van der Waals surface area contributed by atoms with Crippen LogP contribution in [-0.2, 0) is 0 Å². The van der Waals surface area contributed by atoms with Crippen LogP contribution in [0.25, 0.3) is 11.1 Å². The van der Waals surface area contributed by atoms with Gasteiger partial charge in [-0.15, -0.1) is 0 Å². The summed E-state index contributed by atoms with van der Waals surface area (Å²) < 4.78 is 0. The van der Waals surface area contributed by atoms with E-state index in [1.807, 2.05) is 0 Å². The Morgan fingerprint density at radius 3 is 0.844 bits per heavy atom. The molecule has 0 bridgehead atoms. The second-order valence-electron chi connectivity index (χ2n) is 9.75. The van der Waals surface area contributed by atoms with Crippen LogP contribution in [0.15, 0.2) is 37.4 Å². The highest BCUT2D eigenvalue weighted by molar-refractivity contribution is 5.90. The smallest absolute Gasteiger partial charge is 0.0119 e. The fourth-order valence-electron chi connectivity index (χ4n) is 5.78. The molecular weight excluding hydrogens is 384 g/mol. The Labute approximate surface area is 195 Å². The van der Waals surface area contributed by atoms with Gasteiger partial charge in [-0.1, -0.05) is 48.6 Å². The van der Waals surface area contributed by atoms with E-state index in [2.05, 4.69) is 107 Å². The first-order chi connectivity index (χ1) is 14.9. The lowest BCUT2D eigenvalue weighted by molar-refractivity contribution is 1.18. The summed E-state index contributed by atoms with van der Waals surface area (Å²) in [4.78, 5) is 0. The van der Waals surface area contributed by atoms with Crippen LogP contribution in [0.5, 0.6) is 0 Å². The molecule has 0 saturated heterocycles. The van der Waals surface area contributed by atoms with Gasteiger partial charge in [0, 0.05) is 0 Å². The molecule has 0 aliphatic heterocycles. The third-order valence-electron chi connectivity index (χ3n) is 7.19. The number of rotatable bonds is 4. The molecule has 0 nitrogen and oxygen atoms in total. The zero-order chi connectivity index (χ0) is 24.1. The van der Waals surface area contributed by atoms with Gasteiger partial charge >= 0.3 is 0 Å². The van der Waals surface area contributed by atoms with Gasteiger partial charge in [0.1, 0.15) is 0 Å². The van der Waals surface area contributed by atoms with Crippen molar-refractivity contribution in [3.63, 3.8) is 0 Å². The Hall–Kier alpha value is -2.86. The standard InChI is InChI=1S/C32H38/c1-17-13-19(3)29(20(4)14-17)27(11)31-23(7)25(9)32(26(10)24(31)8)28(12)30-21(5)15-18(2)16-22(30)6/h13-16H,11-12H2,1-10H3. The second kappa shape index (κ2) is 8.58. The lowest BCUT2D eigenvalue weighted by atomic mass is 9.78. The minimum atomic E-state index is 1.13. The third kappa shape index (κ3) is 3.88. The van der Waals surface area contributed by atoms with Gasteiger partial charge in [-0.3, -0.25) is 0 Å². The van der Waals surface area contributed by atoms with E-state index in [0.29, 0.717) is 0 Å². The summed E-state index contributed by atoms with van der Waals surface area (Å²) in [6.45, 7) is 31.3. The summed E-state index contributed by atoms with van der Waals surface area (Å²) >= 11 is 0. The Kier molecular flexibility index (Phi) is 6.38. The van der Waals surface area contributed by atoms with Crippen LogP contribution in [0, 0.1) is 69.2 Å². The summed E-state index contributed by atoms with van der Waals surface area (Å²) in [7, 11) is 0. The molecule has 0 N–H and O–H groups in total. The van der Waals surface area contributed by atoms with Crippen LogP contribution in [0.3, 0.4) is 0 Å². The zero-order valence-electron chi connectivity index (χ0n) is 21.7. The number of benzene rings is 3. The van der Waals surface area contributed by atoms with E-state index in [4.69, 9.17) is 0 Å². The van der Waals surface area contributed by atoms with Crippen molar-refractivity contribution in [1.82, 2.24) is 0 Å². The molecule has 0 unspecified atom stereocenters.